The topological polar surface area (TPSA) is 21.3 Å². The molecule has 258 valence electrons. The fourth-order valence-electron chi connectivity index (χ4n) is 8.48. The molecule has 0 spiro atoms. The van der Waals surface area contributed by atoms with Crippen molar-refractivity contribution in [2.24, 2.45) is 0 Å². The van der Waals surface area contributed by atoms with Crippen LogP contribution in [0, 0.1) is 0 Å². The number of furan rings is 1. The van der Waals surface area contributed by atoms with Crippen molar-refractivity contribution in [1.29, 1.82) is 0 Å². The third-order valence-electron chi connectivity index (χ3n) is 11.0. The molecule has 0 aliphatic heterocycles. The van der Waals surface area contributed by atoms with Crippen molar-refractivity contribution < 1.29 is 4.42 Å². The quantitative estimate of drug-likeness (QED) is 0.172. The van der Waals surface area contributed by atoms with Gasteiger partial charge in [0.1, 0.15) is 11.2 Å². The normalized spacial score (nSPS) is 11.6. The van der Waals surface area contributed by atoms with Gasteiger partial charge in [0, 0.05) is 55.9 Å². The third-order valence-corrected chi connectivity index (χ3v) is 11.0. The van der Waals surface area contributed by atoms with Gasteiger partial charge in [0.2, 0.25) is 0 Å². The molecule has 2 aromatic heterocycles. The molecule has 0 atom stereocenters. The minimum Gasteiger partial charge on any atom is -0.456 e. The predicted octanol–water partition coefficient (Wildman–Crippen LogP) is 14.6. The molecule has 9 aromatic carbocycles. The van der Waals surface area contributed by atoms with Gasteiger partial charge in [0.15, 0.2) is 0 Å². The molecule has 0 amide bonds. The summed E-state index contributed by atoms with van der Waals surface area (Å²) in [4.78, 5) is 2.34. The standard InChI is InChI=1S/C52H34N2O/c1-2-16-38(17-3-1)54-49-25-8-6-20-45(49)48-24-12-23-44(52(48)54)37-15-10-18-40(33-37)53(41-31-32-47-46-21-7-9-26-50(46)55-51(47)34-41)39-29-27-36(28-30-39)43-22-11-14-35-13-4-5-19-42(35)43/h1-34H. The maximum Gasteiger partial charge on any atom is 0.137 e. The minimum absolute atomic E-state index is 0.865. The molecule has 0 aliphatic carbocycles. The monoisotopic (exact) mass is 702 g/mol. The zero-order valence-electron chi connectivity index (χ0n) is 29.9. The molecule has 0 radical (unpaired) electrons. The van der Waals surface area contributed by atoms with Gasteiger partial charge in [-0.2, -0.15) is 0 Å². The van der Waals surface area contributed by atoms with E-state index in [-0.39, 0.29) is 0 Å². The Hall–Kier alpha value is -7.36. The fraction of sp³-hybridized carbons (Fsp3) is 0. The van der Waals surface area contributed by atoms with E-state index in [2.05, 4.69) is 204 Å². The highest BCUT2D eigenvalue weighted by Gasteiger charge is 2.20. The number of nitrogens with zero attached hydrogens (tertiary/aromatic N) is 2. The second-order valence-corrected chi connectivity index (χ2v) is 14.1. The summed E-state index contributed by atoms with van der Waals surface area (Å²) < 4.78 is 8.84. The van der Waals surface area contributed by atoms with Gasteiger partial charge in [0.05, 0.1) is 11.0 Å². The third kappa shape index (κ3) is 5.13. The highest BCUT2D eigenvalue weighted by atomic mass is 16.3. The first kappa shape index (κ1) is 31.2. The molecule has 0 N–H and O–H groups in total. The number of fused-ring (bicyclic) bond motifs is 7. The van der Waals surface area contributed by atoms with Crippen molar-refractivity contribution in [3.05, 3.63) is 206 Å². The lowest BCUT2D eigenvalue weighted by atomic mass is 9.98. The molecule has 11 aromatic rings. The predicted molar refractivity (Wildman–Crippen MR) is 231 cm³/mol. The Bertz CT molecular complexity index is 3200. The Morgan fingerprint density at radius 2 is 1.00 bits per heavy atom. The van der Waals surface area contributed by atoms with E-state index < -0.39 is 0 Å². The van der Waals surface area contributed by atoms with Crippen LogP contribution in [0.15, 0.2) is 211 Å². The second-order valence-electron chi connectivity index (χ2n) is 14.1. The zero-order chi connectivity index (χ0) is 36.3. The number of aromatic nitrogens is 1. The van der Waals surface area contributed by atoms with Gasteiger partial charge in [-0.25, -0.2) is 0 Å². The Kier molecular flexibility index (Phi) is 7.17. The number of benzene rings is 9. The summed E-state index contributed by atoms with van der Waals surface area (Å²) in [5, 5.41) is 7.20. The maximum absolute atomic E-state index is 6.43. The average molecular weight is 703 g/mol. The molecule has 0 aliphatic rings. The van der Waals surface area contributed by atoms with Crippen LogP contribution in [0.5, 0.6) is 0 Å². The van der Waals surface area contributed by atoms with Gasteiger partial charge in [0.25, 0.3) is 0 Å². The Morgan fingerprint density at radius 1 is 0.364 bits per heavy atom. The maximum atomic E-state index is 6.43. The number of anilines is 3. The second kappa shape index (κ2) is 12.6. The SMILES string of the molecule is c1ccc(-n2c3ccccc3c3cccc(-c4cccc(N(c5ccc(-c6cccc7ccccc67)cc5)c5ccc6c(c5)oc5ccccc56)c4)c32)cc1. The molecule has 0 saturated carbocycles. The van der Waals surface area contributed by atoms with Crippen LogP contribution in [-0.4, -0.2) is 4.57 Å². The van der Waals surface area contributed by atoms with Crippen LogP contribution in [0.2, 0.25) is 0 Å². The van der Waals surface area contributed by atoms with E-state index in [4.69, 9.17) is 4.42 Å². The lowest BCUT2D eigenvalue weighted by Crippen LogP contribution is -2.10. The minimum atomic E-state index is 0.865. The van der Waals surface area contributed by atoms with Crippen LogP contribution in [0.3, 0.4) is 0 Å². The van der Waals surface area contributed by atoms with Crippen LogP contribution in [0.25, 0.3) is 82.5 Å². The molecule has 2 heterocycles. The molecule has 0 bridgehead atoms. The first-order valence-electron chi connectivity index (χ1n) is 18.8. The Morgan fingerprint density at radius 3 is 1.89 bits per heavy atom. The molecule has 0 saturated heterocycles. The highest BCUT2D eigenvalue weighted by molar-refractivity contribution is 6.14. The summed E-state index contributed by atoms with van der Waals surface area (Å²) in [6.45, 7) is 0. The number of hydrogen-bond acceptors (Lipinski definition) is 2. The molecule has 0 unspecified atom stereocenters. The van der Waals surface area contributed by atoms with E-state index in [1.54, 1.807) is 0 Å². The molecule has 11 rings (SSSR count). The van der Waals surface area contributed by atoms with E-state index in [1.165, 1.54) is 49.3 Å². The van der Waals surface area contributed by atoms with Crippen LogP contribution >= 0.6 is 0 Å². The fourth-order valence-corrected chi connectivity index (χ4v) is 8.48. The van der Waals surface area contributed by atoms with Crippen molar-refractivity contribution in [2.75, 3.05) is 4.90 Å². The summed E-state index contributed by atoms with van der Waals surface area (Å²) in [7, 11) is 0. The van der Waals surface area contributed by atoms with Gasteiger partial charge in [-0.15, -0.1) is 0 Å². The van der Waals surface area contributed by atoms with Crippen molar-refractivity contribution in [2.45, 2.75) is 0 Å². The zero-order valence-corrected chi connectivity index (χ0v) is 29.9. The van der Waals surface area contributed by atoms with Gasteiger partial charge in [-0.05, 0) is 88.1 Å². The van der Waals surface area contributed by atoms with Crippen LogP contribution in [0.4, 0.5) is 17.1 Å². The number of hydrogen-bond donors (Lipinski definition) is 0. The van der Waals surface area contributed by atoms with Crippen molar-refractivity contribution >= 4 is 71.6 Å². The summed E-state index contributed by atoms with van der Waals surface area (Å²) >= 11 is 0. The molecule has 3 nitrogen and oxygen atoms in total. The largest absolute Gasteiger partial charge is 0.456 e. The van der Waals surface area contributed by atoms with E-state index in [1.807, 2.05) is 12.1 Å². The average Bonchev–Trinajstić information content (AvgIpc) is 3.80. The van der Waals surface area contributed by atoms with E-state index in [9.17, 15) is 0 Å². The first-order chi connectivity index (χ1) is 27.3. The number of para-hydroxylation sites is 4. The van der Waals surface area contributed by atoms with Crippen LogP contribution in [0.1, 0.15) is 0 Å². The van der Waals surface area contributed by atoms with Gasteiger partial charge >= 0.3 is 0 Å². The summed E-state index contributed by atoms with van der Waals surface area (Å²) in [6.07, 6.45) is 0. The van der Waals surface area contributed by atoms with Crippen molar-refractivity contribution in [1.82, 2.24) is 4.57 Å². The van der Waals surface area contributed by atoms with E-state index in [0.29, 0.717) is 0 Å². The summed E-state index contributed by atoms with van der Waals surface area (Å²) in [5.41, 5.74) is 13.2. The van der Waals surface area contributed by atoms with E-state index in [0.717, 1.165) is 50.3 Å². The molecular weight excluding hydrogens is 669 g/mol. The van der Waals surface area contributed by atoms with Crippen molar-refractivity contribution in [3.63, 3.8) is 0 Å². The molecule has 3 heteroatoms. The first-order valence-corrected chi connectivity index (χ1v) is 18.8. The molecule has 55 heavy (non-hydrogen) atoms. The van der Waals surface area contributed by atoms with Gasteiger partial charge in [-0.1, -0.05) is 140 Å². The smallest absolute Gasteiger partial charge is 0.137 e. The van der Waals surface area contributed by atoms with Crippen LogP contribution < -0.4 is 4.90 Å². The van der Waals surface area contributed by atoms with Gasteiger partial charge in [-0.3, -0.25) is 0 Å². The highest BCUT2D eigenvalue weighted by Crippen LogP contribution is 2.43. The van der Waals surface area contributed by atoms with E-state index >= 15 is 0 Å². The summed E-state index contributed by atoms with van der Waals surface area (Å²) in [6, 6.07) is 73.9. The van der Waals surface area contributed by atoms with Crippen molar-refractivity contribution in [3.8, 4) is 27.9 Å². The molecular formula is C52H34N2O. The molecule has 0 fully saturated rings. The lowest BCUT2D eigenvalue weighted by Gasteiger charge is -2.26. The lowest BCUT2D eigenvalue weighted by molar-refractivity contribution is 0.669. The van der Waals surface area contributed by atoms with Crippen LogP contribution in [-0.2, 0) is 0 Å². The Labute approximate surface area is 318 Å². The van der Waals surface area contributed by atoms with Gasteiger partial charge < -0.3 is 13.9 Å². The Balaban J connectivity index is 1.10. The number of rotatable bonds is 6. The summed E-state index contributed by atoms with van der Waals surface area (Å²) in [5.74, 6) is 0.